The predicted molar refractivity (Wildman–Crippen MR) is 87.2 cm³/mol. The van der Waals surface area contributed by atoms with Crippen molar-refractivity contribution in [2.75, 3.05) is 6.54 Å². The Labute approximate surface area is 136 Å². The summed E-state index contributed by atoms with van der Waals surface area (Å²) >= 11 is 0. The molecule has 6 nitrogen and oxygen atoms in total. The lowest BCUT2D eigenvalue weighted by Crippen LogP contribution is -2.38. The molecule has 2 rings (SSSR count). The zero-order valence-electron chi connectivity index (χ0n) is 14.4. The summed E-state index contributed by atoms with van der Waals surface area (Å²) in [7, 11) is 0. The standard InChI is InChI=1S/C17H25N3O3/c1-10(2)6-13-8-15(20-19-13)16(21)18-9-17(5,22)14-7-11(3)23-12(14)4/h7-8,10,22H,6,9H2,1-5H3,(H,18,21)(H,19,20). The fourth-order valence-corrected chi connectivity index (χ4v) is 2.63. The van der Waals surface area contributed by atoms with E-state index < -0.39 is 5.60 Å². The maximum atomic E-state index is 12.2. The topological polar surface area (TPSA) is 91.2 Å². The van der Waals surface area contributed by atoms with Gasteiger partial charge in [0.1, 0.15) is 22.8 Å². The van der Waals surface area contributed by atoms with Crippen molar-refractivity contribution in [2.24, 2.45) is 5.92 Å². The lowest BCUT2D eigenvalue weighted by molar-refractivity contribution is 0.0512. The van der Waals surface area contributed by atoms with Crippen molar-refractivity contribution in [3.8, 4) is 0 Å². The first kappa shape index (κ1) is 17.3. The van der Waals surface area contributed by atoms with Crippen LogP contribution in [0.15, 0.2) is 16.5 Å². The number of aromatic amines is 1. The molecule has 6 heteroatoms. The first-order valence-corrected chi connectivity index (χ1v) is 7.81. The number of H-pyrrole nitrogens is 1. The summed E-state index contributed by atoms with van der Waals surface area (Å²) < 4.78 is 5.44. The summed E-state index contributed by atoms with van der Waals surface area (Å²) in [6, 6.07) is 3.54. The molecule has 1 amide bonds. The van der Waals surface area contributed by atoms with Gasteiger partial charge in [-0.2, -0.15) is 5.10 Å². The molecule has 0 saturated heterocycles. The molecular formula is C17H25N3O3. The van der Waals surface area contributed by atoms with E-state index in [0.717, 1.165) is 17.9 Å². The summed E-state index contributed by atoms with van der Waals surface area (Å²) in [5.74, 6) is 1.56. The number of aliphatic hydroxyl groups is 1. The molecule has 0 aliphatic heterocycles. The number of furan rings is 1. The number of carbonyl (C=O) groups is 1. The van der Waals surface area contributed by atoms with Gasteiger partial charge in [0, 0.05) is 11.3 Å². The van der Waals surface area contributed by atoms with E-state index in [1.807, 2.05) is 6.92 Å². The normalized spacial score (nSPS) is 14.0. The third kappa shape index (κ3) is 4.22. The zero-order chi connectivity index (χ0) is 17.2. The molecule has 0 spiro atoms. The van der Waals surface area contributed by atoms with Crippen LogP contribution in [0.25, 0.3) is 0 Å². The quantitative estimate of drug-likeness (QED) is 0.763. The van der Waals surface area contributed by atoms with Gasteiger partial charge in [-0.15, -0.1) is 0 Å². The Morgan fingerprint density at radius 3 is 2.70 bits per heavy atom. The number of nitrogens with zero attached hydrogens (tertiary/aromatic N) is 1. The van der Waals surface area contributed by atoms with Crippen molar-refractivity contribution in [3.63, 3.8) is 0 Å². The first-order chi connectivity index (χ1) is 10.7. The number of nitrogens with one attached hydrogen (secondary N) is 2. The average Bonchev–Trinajstić information content (AvgIpc) is 3.02. The van der Waals surface area contributed by atoms with Crippen LogP contribution in [0.4, 0.5) is 0 Å². The SMILES string of the molecule is Cc1cc(C(C)(O)CNC(=O)c2cc(CC(C)C)[nH]n2)c(C)o1. The number of hydrogen-bond donors (Lipinski definition) is 3. The van der Waals surface area contributed by atoms with E-state index in [4.69, 9.17) is 4.42 Å². The van der Waals surface area contributed by atoms with Gasteiger partial charge in [-0.1, -0.05) is 13.8 Å². The molecule has 0 aliphatic rings. The maximum absolute atomic E-state index is 12.2. The van der Waals surface area contributed by atoms with Crippen molar-refractivity contribution in [1.29, 1.82) is 0 Å². The van der Waals surface area contributed by atoms with Crippen LogP contribution in [0.2, 0.25) is 0 Å². The third-order valence-electron chi connectivity index (χ3n) is 3.71. The van der Waals surface area contributed by atoms with Gasteiger partial charge >= 0.3 is 0 Å². The second-order valence-electron chi connectivity index (χ2n) is 6.66. The molecule has 126 valence electrons. The second-order valence-corrected chi connectivity index (χ2v) is 6.66. The van der Waals surface area contributed by atoms with Crippen LogP contribution in [-0.2, 0) is 12.0 Å². The first-order valence-electron chi connectivity index (χ1n) is 7.81. The number of aromatic nitrogens is 2. The van der Waals surface area contributed by atoms with Gasteiger partial charge in [0.05, 0.1) is 6.54 Å². The highest BCUT2D eigenvalue weighted by atomic mass is 16.3. The molecule has 23 heavy (non-hydrogen) atoms. The summed E-state index contributed by atoms with van der Waals surface area (Å²) in [5.41, 5.74) is 0.738. The van der Waals surface area contributed by atoms with Crippen molar-refractivity contribution >= 4 is 5.91 Å². The van der Waals surface area contributed by atoms with E-state index in [1.165, 1.54) is 0 Å². The van der Waals surface area contributed by atoms with Crippen molar-refractivity contribution in [3.05, 3.63) is 40.6 Å². The Bertz CT molecular complexity index is 683. The van der Waals surface area contributed by atoms with Gasteiger partial charge < -0.3 is 14.8 Å². The minimum Gasteiger partial charge on any atom is -0.466 e. The van der Waals surface area contributed by atoms with Crippen molar-refractivity contribution in [1.82, 2.24) is 15.5 Å². The van der Waals surface area contributed by atoms with Gasteiger partial charge in [-0.05, 0) is 45.2 Å². The third-order valence-corrected chi connectivity index (χ3v) is 3.71. The number of aryl methyl sites for hydroxylation is 2. The van der Waals surface area contributed by atoms with Crippen LogP contribution < -0.4 is 5.32 Å². The molecule has 2 aromatic heterocycles. The molecular weight excluding hydrogens is 294 g/mol. The Hall–Kier alpha value is -2.08. The highest BCUT2D eigenvalue weighted by Gasteiger charge is 2.28. The summed E-state index contributed by atoms with van der Waals surface area (Å²) in [6.07, 6.45) is 0.839. The summed E-state index contributed by atoms with van der Waals surface area (Å²) in [6.45, 7) is 9.56. The van der Waals surface area contributed by atoms with Crippen LogP contribution >= 0.6 is 0 Å². The van der Waals surface area contributed by atoms with E-state index in [-0.39, 0.29) is 12.5 Å². The molecule has 0 aliphatic carbocycles. The lowest BCUT2D eigenvalue weighted by atomic mass is 9.96. The Morgan fingerprint density at radius 2 is 2.13 bits per heavy atom. The van der Waals surface area contributed by atoms with E-state index in [1.54, 1.807) is 26.0 Å². The van der Waals surface area contributed by atoms with Gasteiger partial charge in [0.2, 0.25) is 0 Å². The summed E-state index contributed by atoms with van der Waals surface area (Å²) in [5, 5.41) is 20.2. The van der Waals surface area contributed by atoms with Crippen LogP contribution in [-0.4, -0.2) is 27.8 Å². The Balaban J connectivity index is 2.00. The number of carbonyl (C=O) groups excluding carboxylic acids is 1. The average molecular weight is 319 g/mol. The van der Waals surface area contributed by atoms with Crippen LogP contribution in [0, 0.1) is 19.8 Å². The Kier molecular flexibility index (Phi) is 4.94. The number of hydrogen-bond acceptors (Lipinski definition) is 4. The second kappa shape index (κ2) is 6.58. The summed E-state index contributed by atoms with van der Waals surface area (Å²) in [4.78, 5) is 12.2. The number of amides is 1. The number of rotatable bonds is 6. The van der Waals surface area contributed by atoms with Gasteiger partial charge in [0.15, 0.2) is 0 Å². The monoisotopic (exact) mass is 319 g/mol. The van der Waals surface area contributed by atoms with Gasteiger partial charge in [0.25, 0.3) is 5.91 Å². The zero-order valence-corrected chi connectivity index (χ0v) is 14.4. The lowest BCUT2D eigenvalue weighted by Gasteiger charge is -2.23. The maximum Gasteiger partial charge on any atom is 0.271 e. The molecule has 0 aromatic carbocycles. The molecule has 0 bridgehead atoms. The van der Waals surface area contributed by atoms with Gasteiger partial charge in [-0.3, -0.25) is 9.89 Å². The van der Waals surface area contributed by atoms with E-state index in [0.29, 0.717) is 22.9 Å². The van der Waals surface area contributed by atoms with Crippen molar-refractivity contribution in [2.45, 2.75) is 46.6 Å². The van der Waals surface area contributed by atoms with E-state index in [9.17, 15) is 9.90 Å². The fraction of sp³-hybridized carbons (Fsp3) is 0.529. The molecule has 1 atom stereocenters. The minimum absolute atomic E-state index is 0.0814. The molecule has 0 saturated carbocycles. The molecule has 3 N–H and O–H groups in total. The van der Waals surface area contributed by atoms with Crippen LogP contribution in [0.5, 0.6) is 0 Å². The fourth-order valence-electron chi connectivity index (χ4n) is 2.63. The highest BCUT2D eigenvalue weighted by Crippen LogP contribution is 2.26. The molecule has 1 unspecified atom stereocenters. The van der Waals surface area contributed by atoms with Crippen LogP contribution in [0.1, 0.15) is 54.0 Å². The van der Waals surface area contributed by atoms with E-state index in [2.05, 4.69) is 29.4 Å². The molecule has 2 aromatic rings. The molecule has 2 heterocycles. The van der Waals surface area contributed by atoms with E-state index >= 15 is 0 Å². The predicted octanol–water partition coefficient (Wildman–Crippen LogP) is 2.46. The molecule has 0 radical (unpaired) electrons. The molecule has 0 fully saturated rings. The van der Waals surface area contributed by atoms with Gasteiger partial charge in [-0.25, -0.2) is 0 Å². The minimum atomic E-state index is -1.20. The Morgan fingerprint density at radius 1 is 1.43 bits per heavy atom. The van der Waals surface area contributed by atoms with Crippen molar-refractivity contribution < 1.29 is 14.3 Å². The van der Waals surface area contributed by atoms with Crippen LogP contribution in [0.3, 0.4) is 0 Å². The largest absolute Gasteiger partial charge is 0.466 e. The smallest absolute Gasteiger partial charge is 0.271 e. The highest BCUT2D eigenvalue weighted by molar-refractivity contribution is 5.92.